The Morgan fingerprint density at radius 3 is 2.20 bits per heavy atom. The number of hydrogen-bond donors (Lipinski definition) is 4. The molecule has 3 aliphatic rings. The van der Waals surface area contributed by atoms with Crippen molar-refractivity contribution in [1.82, 2.24) is 39.0 Å². The number of aromatic nitrogens is 8. The van der Waals surface area contributed by atoms with Crippen molar-refractivity contribution in [3.63, 3.8) is 0 Å². The fourth-order valence-corrected chi connectivity index (χ4v) is 7.96. The summed E-state index contributed by atoms with van der Waals surface area (Å²) in [7, 11) is -3.24. The monoisotopic (exact) mass is 672 g/mol. The number of rotatable bonds is 3. The van der Waals surface area contributed by atoms with Gasteiger partial charge in [-0.05, 0) is 0 Å². The second kappa shape index (κ2) is 11.2. The van der Waals surface area contributed by atoms with Gasteiger partial charge < -0.3 is 26.0 Å². The van der Waals surface area contributed by atoms with E-state index in [1.54, 1.807) is 4.57 Å². The number of nitrogens with two attached hydrogens (primary N) is 2. The van der Waals surface area contributed by atoms with Gasteiger partial charge in [-0.25, -0.2) is 39.0 Å². The van der Waals surface area contributed by atoms with Crippen molar-refractivity contribution in [3.8, 4) is 0 Å². The highest BCUT2D eigenvalue weighted by molar-refractivity contribution is 8.44. The van der Waals surface area contributed by atoms with E-state index < -0.39 is 70.8 Å². The van der Waals surface area contributed by atoms with E-state index in [-0.39, 0.29) is 29.2 Å². The maximum absolute atomic E-state index is 13.7. The van der Waals surface area contributed by atoms with E-state index in [0.717, 1.165) is 7.11 Å². The van der Waals surface area contributed by atoms with Gasteiger partial charge in [0.05, 0.1) is 25.9 Å². The quantitative estimate of drug-likeness (QED) is 0.175. The number of phosphoric ester groups is 1. The minimum absolute atomic E-state index is 0.117. The van der Waals surface area contributed by atoms with E-state index >= 15 is 0 Å². The van der Waals surface area contributed by atoms with E-state index in [1.807, 2.05) is 0 Å². The lowest BCUT2D eigenvalue weighted by molar-refractivity contribution is -0.0614. The van der Waals surface area contributed by atoms with Gasteiger partial charge in [0.2, 0.25) is 0 Å². The van der Waals surface area contributed by atoms with Gasteiger partial charge >= 0.3 is 14.6 Å². The molecule has 0 spiro atoms. The van der Waals surface area contributed by atoms with Crippen LogP contribution in [0.5, 0.6) is 0 Å². The molecule has 44 heavy (non-hydrogen) atoms. The van der Waals surface area contributed by atoms with Crippen LogP contribution < -0.4 is 11.5 Å². The van der Waals surface area contributed by atoms with Crippen molar-refractivity contribution < 1.29 is 46.3 Å². The van der Waals surface area contributed by atoms with E-state index in [4.69, 9.17) is 43.6 Å². The first-order chi connectivity index (χ1) is 21.1. The molecule has 4 aromatic heterocycles. The van der Waals surface area contributed by atoms with Crippen LogP contribution in [0.2, 0.25) is 0 Å². The van der Waals surface area contributed by atoms with Gasteiger partial charge in [0.1, 0.15) is 60.4 Å². The Kier molecular flexibility index (Phi) is 7.61. The number of hydrogen-bond acceptors (Lipinski definition) is 18. The summed E-state index contributed by atoms with van der Waals surface area (Å²) < 4.78 is 70.2. The molecule has 4 aromatic rings. The summed E-state index contributed by atoms with van der Waals surface area (Å²) in [4.78, 5) is 24.7. The second-order valence-corrected chi connectivity index (χ2v) is 14.6. The fraction of sp³-hybridized carbons (Fsp3) is 0.524. The van der Waals surface area contributed by atoms with Crippen LogP contribution in [-0.4, -0.2) is 95.0 Å². The summed E-state index contributed by atoms with van der Waals surface area (Å²) in [5.74, 6) is 0.298. The Morgan fingerprint density at radius 2 is 1.52 bits per heavy atom. The Balaban J connectivity index is 1.16. The smallest absolute Gasteiger partial charge is 0.386 e. The highest BCUT2D eigenvalue weighted by Gasteiger charge is 2.52. The van der Waals surface area contributed by atoms with Gasteiger partial charge in [-0.2, -0.15) is 0 Å². The Labute approximate surface area is 252 Å². The van der Waals surface area contributed by atoms with Crippen molar-refractivity contribution >= 4 is 60.8 Å². The van der Waals surface area contributed by atoms with Crippen molar-refractivity contribution in [1.29, 1.82) is 0 Å². The number of aliphatic hydroxyl groups excluding tert-OH is 1. The highest BCUT2D eigenvalue weighted by atomic mass is 32.7. The van der Waals surface area contributed by atoms with Crippen LogP contribution in [0.3, 0.4) is 0 Å². The first kappa shape index (κ1) is 29.9. The van der Waals surface area contributed by atoms with Gasteiger partial charge in [-0.3, -0.25) is 31.8 Å². The lowest BCUT2D eigenvalue weighted by Gasteiger charge is -2.28. The Bertz CT molecular complexity index is 1810. The van der Waals surface area contributed by atoms with E-state index in [0.29, 0.717) is 11.2 Å². The van der Waals surface area contributed by atoms with Crippen LogP contribution in [0.1, 0.15) is 18.9 Å². The molecule has 0 aliphatic carbocycles. The van der Waals surface area contributed by atoms with Crippen molar-refractivity contribution in [2.45, 2.75) is 49.4 Å². The topological polar surface area (TPSA) is 258 Å². The molecule has 3 aliphatic heterocycles. The van der Waals surface area contributed by atoms with Crippen molar-refractivity contribution in [3.05, 3.63) is 25.3 Å². The lowest BCUT2D eigenvalue weighted by Crippen LogP contribution is -2.37. The van der Waals surface area contributed by atoms with Gasteiger partial charge in [-0.15, -0.1) is 0 Å². The molecule has 7 heterocycles. The number of phosphoric acid groups is 1. The second-order valence-electron chi connectivity index (χ2n) is 9.99. The summed E-state index contributed by atoms with van der Waals surface area (Å²) in [6, 6.07) is 0. The lowest BCUT2D eigenvalue weighted by atomic mass is 10.1. The number of aliphatic hydroxyl groups is 1. The third-order valence-corrected chi connectivity index (χ3v) is 10.4. The standard InChI is InChI=1S/C21H26N10O10P2S/c1-35-42(33)36-3-10-9(2-12(38-10)30-7-28-13-17(22)24-5-26-19(13)30)40-43(34,44)37-4-11-16(41-42)15(32)21(39-11)31-8-29-14-18(23)25-6-27-20(14)31/h5-12,15-16,21,32H,2-4H2,1H3,(H,34,44)(H2,22,24,26)(H2,23,25,27)/t9-,10+,11+,12+,15+,16+,21+,42?,43?/m0/s1. The zero-order valence-corrected chi connectivity index (χ0v) is 25.4. The molecule has 20 nitrogen and oxygen atoms in total. The Morgan fingerprint density at radius 1 is 0.886 bits per heavy atom. The molecule has 23 heteroatoms. The molecule has 3 saturated heterocycles. The number of thiol groups is 1. The van der Waals surface area contributed by atoms with Gasteiger partial charge in [0, 0.05) is 13.5 Å². The zero-order valence-electron chi connectivity index (χ0n) is 22.7. The zero-order chi connectivity index (χ0) is 30.8. The van der Waals surface area contributed by atoms with Crippen LogP contribution in [0.15, 0.2) is 25.3 Å². The number of anilines is 2. The molecule has 236 valence electrons. The summed E-state index contributed by atoms with van der Waals surface area (Å²) in [6.07, 6.45) is -2.36. The molecule has 0 aromatic carbocycles. The maximum Gasteiger partial charge on any atom is 0.475 e. The van der Waals surface area contributed by atoms with E-state index in [2.05, 4.69) is 42.2 Å². The first-order valence-corrected chi connectivity index (χ1v) is 17.2. The van der Waals surface area contributed by atoms with Crippen LogP contribution >= 0.6 is 26.9 Å². The summed E-state index contributed by atoms with van der Waals surface area (Å²) in [5, 5.41) is 11.3. The predicted octanol–water partition coefficient (Wildman–Crippen LogP) is 0.986. The molecule has 2 unspecified atom stereocenters. The van der Waals surface area contributed by atoms with E-state index in [1.165, 1.54) is 29.9 Å². The highest BCUT2D eigenvalue weighted by Crippen LogP contribution is 2.59. The summed E-state index contributed by atoms with van der Waals surface area (Å²) in [6.45, 7) is -4.95. The molecular formula is C21H26N10O10P2S. The minimum Gasteiger partial charge on any atom is -0.386 e. The molecule has 7 rings (SSSR count). The Hall–Kier alpha value is -2.81. The van der Waals surface area contributed by atoms with Crippen LogP contribution in [0, 0.1) is 0 Å². The number of fused-ring (bicyclic) bond motifs is 4. The normalized spacial score (nSPS) is 36.6. The number of imidazole rings is 2. The molecule has 9 atom stereocenters. The first-order valence-electron chi connectivity index (χ1n) is 13.1. The van der Waals surface area contributed by atoms with Crippen LogP contribution in [0.4, 0.5) is 11.6 Å². The number of nitrogen functional groups attached to an aromatic ring is 2. The third-order valence-electron chi connectivity index (χ3n) is 7.39. The SMILES string of the molecule is COP1(=O)OC[C@H]2O[C@@H](n3cnc4c(N)ncnc43)C[C@@H]2OP(=O)(S)OC[C@H]2O[C@@H](n3cnc4c(N)ncnc43)[C@H](O)[C@@H]2O1. The molecule has 0 saturated carbocycles. The van der Waals surface area contributed by atoms with Crippen LogP contribution in [-0.2, 0) is 41.2 Å². The molecule has 5 N–H and O–H groups in total. The van der Waals surface area contributed by atoms with E-state index in [9.17, 15) is 14.2 Å². The van der Waals surface area contributed by atoms with Crippen molar-refractivity contribution in [2.24, 2.45) is 0 Å². The van der Waals surface area contributed by atoms with Crippen LogP contribution in [0.25, 0.3) is 22.3 Å². The van der Waals surface area contributed by atoms with Crippen molar-refractivity contribution in [2.75, 3.05) is 31.8 Å². The average Bonchev–Trinajstić information content (AvgIpc) is 3.77. The molecule has 0 amide bonds. The molecule has 0 bridgehead atoms. The van der Waals surface area contributed by atoms with Gasteiger partial charge in [-0.1, -0.05) is 12.2 Å². The number of nitrogens with zero attached hydrogens (tertiary/aromatic N) is 8. The summed E-state index contributed by atoms with van der Waals surface area (Å²) >= 11 is 4.16. The fourth-order valence-electron chi connectivity index (χ4n) is 5.29. The number of ether oxygens (including phenoxy) is 2. The summed E-state index contributed by atoms with van der Waals surface area (Å²) in [5.41, 5.74) is 13.1. The third kappa shape index (κ3) is 5.27. The molecular weight excluding hydrogens is 646 g/mol. The largest absolute Gasteiger partial charge is 0.475 e. The molecule has 0 radical (unpaired) electrons. The molecule has 3 fully saturated rings. The van der Waals surface area contributed by atoms with Gasteiger partial charge in [0.25, 0.3) is 0 Å². The predicted molar refractivity (Wildman–Crippen MR) is 151 cm³/mol. The van der Waals surface area contributed by atoms with Gasteiger partial charge in [0.15, 0.2) is 29.2 Å². The average molecular weight is 673 g/mol. The minimum atomic E-state index is -4.37. The maximum atomic E-state index is 13.7.